The molecule has 184 valence electrons. The van der Waals surface area contributed by atoms with Crippen LogP contribution < -0.4 is 5.73 Å². The summed E-state index contributed by atoms with van der Waals surface area (Å²) in [4.78, 5) is 0. The number of nitrogens with two attached hydrogens (primary N) is 1. The molecule has 3 heteroatoms. The lowest BCUT2D eigenvalue weighted by molar-refractivity contribution is 0.669. The van der Waals surface area contributed by atoms with Gasteiger partial charge in [-0.05, 0) is 47.5 Å². The van der Waals surface area contributed by atoms with Crippen molar-refractivity contribution in [1.82, 2.24) is 4.57 Å². The highest BCUT2D eigenvalue weighted by Gasteiger charge is 2.22. The van der Waals surface area contributed by atoms with E-state index in [1.807, 2.05) is 12.1 Å². The number of anilines is 1. The van der Waals surface area contributed by atoms with E-state index in [4.69, 9.17) is 10.2 Å². The minimum atomic E-state index is 0.737. The number of nitrogen functional groups attached to an aromatic ring is 1. The van der Waals surface area contributed by atoms with Gasteiger partial charge in [0.25, 0.3) is 0 Å². The quantitative estimate of drug-likeness (QED) is 0.245. The minimum Gasteiger partial charge on any atom is -0.456 e. The summed E-state index contributed by atoms with van der Waals surface area (Å²) in [7, 11) is 0. The second kappa shape index (κ2) is 8.37. The SMILES string of the molecule is Nc1cc(-c2ccccc2)c(-n2c3ccccc3c3cc4oc5ccccc5c4cc32)c(-c2ccccc2)c1. The van der Waals surface area contributed by atoms with Gasteiger partial charge in [0.1, 0.15) is 11.2 Å². The van der Waals surface area contributed by atoms with Gasteiger partial charge in [-0.3, -0.25) is 0 Å². The Labute approximate surface area is 225 Å². The number of fused-ring (bicyclic) bond motifs is 6. The van der Waals surface area contributed by atoms with Gasteiger partial charge >= 0.3 is 0 Å². The molecule has 0 atom stereocenters. The number of furan rings is 1. The Morgan fingerprint density at radius 3 is 1.74 bits per heavy atom. The van der Waals surface area contributed by atoms with Gasteiger partial charge in [-0.2, -0.15) is 0 Å². The van der Waals surface area contributed by atoms with Crippen LogP contribution in [-0.4, -0.2) is 4.57 Å². The van der Waals surface area contributed by atoms with Crippen LogP contribution in [0.2, 0.25) is 0 Å². The molecular formula is C36H24N2O. The van der Waals surface area contributed by atoms with Crippen molar-refractivity contribution in [3.05, 3.63) is 133 Å². The monoisotopic (exact) mass is 500 g/mol. The van der Waals surface area contributed by atoms with Crippen LogP contribution in [0.3, 0.4) is 0 Å². The zero-order valence-electron chi connectivity index (χ0n) is 21.1. The maximum Gasteiger partial charge on any atom is 0.136 e. The third kappa shape index (κ3) is 3.30. The van der Waals surface area contributed by atoms with Crippen molar-refractivity contribution < 1.29 is 4.42 Å². The molecule has 39 heavy (non-hydrogen) atoms. The summed E-state index contributed by atoms with van der Waals surface area (Å²) in [5.41, 5.74) is 16.9. The van der Waals surface area contributed by atoms with E-state index in [-0.39, 0.29) is 0 Å². The van der Waals surface area contributed by atoms with Crippen molar-refractivity contribution >= 4 is 49.4 Å². The lowest BCUT2D eigenvalue weighted by Crippen LogP contribution is -2.02. The number of aromatic nitrogens is 1. The first-order valence-corrected chi connectivity index (χ1v) is 13.2. The predicted molar refractivity (Wildman–Crippen MR) is 163 cm³/mol. The molecule has 0 bridgehead atoms. The van der Waals surface area contributed by atoms with E-state index >= 15 is 0 Å². The molecule has 0 saturated heterocycles. The Kier molecular flexibility index (Phi) is 4.67. The number of hydrogen-bond acceptors (Lipinski definition) is 2. The van der Waals surface area contributed by atoms with Crippen molar-refractivity contribution in [3.8, 4) is 27.9 Å². The summed E-state index contributed by atoms with van der Waals surface area (Å²) >= 11 is 0. The average molecular weight is 501 g/mol. The molecule has 0 saturated carbocycles. The molecule has 8 aromatic rings. The largest absolute Gasteiger partial charge is 0.456 e. The van der Waals surface area contributed by atoms with E-state index in [0.29, 0.717) is 0 Å². The summed E-state index contributed by atoms with van der Waals surface area (Å²) in [6, 6.07) is 46.6. The molecule has 0 amide bonds. The van der Waals surface area contributed by atoms with E-state index in [9.17, 15) is 0 Å². The van der Waals surface area contributed by atoms with E-state index < -0.39 is 0 Å². The molecule has 8 rings (SSSR count). The summed E-state index contributed by atoms with van der Waals surface area (Å²) < 4.78 is 8.71. The van der Waals surface area contributed by atoms with Crippen molar-refractivity contribution in [2.75, 3.05) is 5.73 Å². The third-order valence-electron chi connectivity index (χ3n) is 7.70. The molecule has 0 unspecified atom stereocenters. The van der Waals surface area contributed by atoms with Crippen LogP contribution in [-0.2, 0) is 0 Å². The van der Waals surface area contributed by atoms with Crippen LogP contribution in [0.25, 0.3) is 71.7 Å². The molecule has 0 aliphatic rings. The van der Waals surface area contributed by atoms with Crippen LogP contribution in [0.4, 0.5) is 5.69 Å². The number of rotatable bonds is 3. The van der Waals surface area contributed by atoms with Gasteiger partial charge in [-0.15, -0.1) is 0 Å². The first kappa shape index (κ1) is 21.8. The summed E-state index contributed by atoms with van der Waals surface area (Å²) in [5, 5.41) is 4.58. The standard InChI is InChI=1S/C36H24N2O/c37-25-19-28(23-11-3-1-4-12-23)36(29(20-25)24-13-5-2-6-14-24)38-32-17-9-7-15-26(32)30-22-35-31(21-33(30)38)27-16-8-10-18-34(27)39-35/h1-22H,37H2. The van der Waals surface area contributed by atoms with Crippen LogP contribution in [0.15, 0.2) is 138 Å². The Balaban J connectivity index is 1.59. The molecule has 2 N–H and O–H groups in total. The van der Waals surface area contributed by atoms with E-state index in [0.717, 1.165) is 72.0 Å². The molecule has 3 nitrogen and oxygen atoms in total. The zero-order chi connectivity index (χ0) is 25.9. The second-order valence-electron chi connectivity index (χ2n) is 10.0. The summed E-state index contributed by atoms with van der Waals surface area (Å²) in [5.74, 6) is 0. The maximum atomic E-state index is 6.58. The lowest BCUT2D eigenvalue weighted by Gasteiger charge is -2.20. The molecule has 0 radical (unpaired) electrons. The summed E-state index contributed by atoms with van der Waals surface area (Å²) in [6.07, 6.45) is 0. The van der Waals surface area contributed by atoms with Gasteiger partial charge < -0.3 is 14.7 Å². The molecule has 0 aliphatic carbocycles. The summed E-state index contributed by atoms with van der Waals surface area (Å²) in [6.45, 7) is 0. The average Bonchev–Trinajstić information content (AvgIpc) is 3.51. The number of nitrogens with zero attached hydrogens (tertiary/aromatic N) is 1. The van der Waals surface area contributed by atoms with Crippen molar-refractivity contribution in [2.24, 2.45) is 0 Å². The Bertz CT molecular complexity index is 2110. The van der Waals surface area contributed by atoms with Crippen molar-refractivity contribution in [3.63, 3.8) is 0 Å². The highest BCUT2D eigenvalue weighted by molar-refractivity contribution is 6.17. The van der Waals surface area contributed by atoms with Crippen LogP contribution in [0, 0.1) is 0 Å². The van der Waals surface area contributed by atoms with Crippen molar-refractivity contribution in [2.45, 2.75) is 0 Å². The number of benzene rings is 6. The normalized spacial score (nSPS) is 11.7. The van der Waals surface area contributed by atoms with Crippen LogP contribution in [0.5, 0.6) is 0 Å². The van der Waals surface area contributed by atoms with Crippen LogP contribution >= 0.6 is 0 Å². The molecular weight excluding hydrogens is 476 g/mol. The number of para-hydroxylation sites is 2. The highest BCUT2D eigenvalue weighted by Crippen LogP contribution is 2.44. The molecule has 0 fully saturated rings. The van der Waals surface area contributed by atoms with Crippen LogP contribution in [0.1, 0.15) is 0 Å². The molecule has 2 aromatic heterocycles. The van der Waals surface area contributed by atoms with Gasteiger partial charge in [-0.1, -0.05) is 97.1 Å². The second-order valence-corrected chi connectivity index (χ2v) is 10.0. The first-order chi connectivity index (χ1) is 19.3. The lowest BCUT2D eigenvalue weighted by atomic mass is 9.94. The molecule has 0 spiro atoms. The Morgan fingerprint density at radius 1 is 0.462 bits per heavy atom. The predicted octanol–water partition coefficient (Wildman–Crippen LogP) is 9.60. The van der Waals surface area contributed by atoms with Gasteiger partial charge in [-0.25, -0.2) is 0 Å². The van der Waals surface area contributed by atoms with E-state index in [2.05, 4.69) is 126 Å². The van der Waals surface area contributed by atoms with Gasteiger partial charge in [0, 0.05) is 38.4 Å². The fraction of sp³-hybridized carbons (Fsp3) is 0. The van der Waals surface area contributed by atoms with Gasteiger partial charge in [0.15, 0.2) is 0 Å². The van der Waals surface area contributed by atoms with Crippen molar-refractivity contribution in [1.29, 1.82) is 0 Å². The molecule has 2 heterocycles. The van der Waals surface area contributed by atoms with Gasteiger partial charge in [0.05, 0.1) is 16.7 Å². The Hall–Kier alpha value is -5.28. The third-order valence-corrected chi connectivity index (χ3v) is 7.70. The van der Waals surface area contributed by atoms with Gasteiger partial charge in [0.2, 0.25) is 0 Å². The first-order valence-electron chi connectivity index (χ1n) is 13.2. The fourth-order valence-electron chi connectivity index (χ4n) is 6.00. The fourth-order valence-corrected chi connectivity index (χ4v) is 6.00. The minimum absolute atomic E-state index is 0.737. The smallest absolute Gasteiger partial charge is 0.136 e. The van der Waals surface area contributed by atoms with E-state index in [1.165, 1.54) is 5.39 Å². The van der Waals surface area contributed by atoms with E-state index in [1.54, 1.807) is 0 Å². The highest BCUT2D eigenvalue weighted by atomic mass is 16.3. The number of hydrogen-bond donors (Lipinski definition) is 1. The molecule has 0 aliphatic heterocycles. The molecule has 6 aromatic carbocycles. The Morgan fingerprint density at radius 2 is 1.05 bits per heavy atom. The topological polar surface area (TPSA) is 44.1 Å². The zero-order valence-corrected chi connectivity index (χ0v) is 21.1. The maximum absolute atomic E-state index is 6.58.